The zero-order valence-electron chi connectivity index (χ0n) is 18.5. The Labute approximate surface area is 189 Å². The van der Waals surface area contributed by atoms with Crippen molar-refractivity contribution in [2.75, 3.05) is 5.32 Å². The largest absolute Gasteiger partial charge is 0.366 e. The molecule has 4 N–H and O–H groups in total. The molecule has 3 amide bonds. The standard InChI is InChI=1S/C25H32ClN3O2/c1-25(2,3)19-10-8-17(9-11-19)22(16-4-6-18(7-5-16)23(27)30)29-24(31)28-21-14-12-20(26)13-15-21/h4-7,12-15,17,19,22H,8-11H2,1-3H3,(H2,27,30)(H2,28,29,31). The number of anilines is 1. The SMILES string of the molecule is CC(C)(C)C1CCC(C(NC(=O)Nc2ccc(Cl)cc2)c2ccc(C(N)=O)cc2)CC1. The normalized spacial score (nSPS) is 20.0. The molecule has 1 saturated carbocycles. The fourth-order valence-electron chi connectivity index (χ4n) is 4.49. The number of hydrogen-bond acceptors (Lipinski definition) is 2. The van der Waals surface area contributed by atoms with Crippen LogP contribution in [0.2, 0.25) is 5.02 Å². The summed E-state index contributed by atoms with van der Waals surface area (Å²) in [6.45, 7) is 6.90. The number of hydrogen-bond donors (Lipinski definition) is 3. The van der Waals surface area contributed by atoms with Gasteiger partial charge in [0.1, 0.15) is 0 Å². The third-order valence-electron chi connectivity index (χ3n) is 6.41. The van der Waals surface area contributed by atoms with Gasteiger partial charge in [-0.05, 0) is 84.9 Å². The second-order valence-corrected chi connectivity index (χ2v) is 9.98. The second kappa shape index (κ2) is 9.73. The van der Waals surface area contributed by atoms with Crippen molar-refractivity contribution in [2.45, 2.75) is 52.5 Å². The van der Waals surface area contributed by atoms with Gasteiger partial charge in [-0.25, -0.2) is 4.79 Å². The second-order valence-electron chi connectivity index (χ2n) is 9.55. The lowest BCUT2D eigenvalue weighted by atomic mass is 9.68. The van der Waals surface area contributed by atoms with E-state index in [1.807, 2.05) is 12.1 Å². The van der Waals surface area contributed by atoms with Crippen LogP contribution in [0.5, 0.6) is 0 Å². The summed E-state index contributed by atoms with van der Waals surface area (Å²) >= 11 is 5.93. The quantitative estimate of drug-likeness (QED) is 0.519. The van der Waals surface area contributed by atoms with Crippen LogP contribution in [-0.2, 0) is 0 Å². The minimum absolute atomic E-state index is 0.143. The average molecular weight is 442 g/mol. The molecule has 0 bridgehead atoms. The van der Waals surface area contributed by atoms with E-state index < -0.39 is 5.91 Å². The van der Waals surface area contributed by atoms with Gasteiger partial charge in [-0.1, -0.05) is 44.5 Å². The number of benzene rings is 2. The van der Waals surface area contributed by atoms with Crippen LogP contribution in [0.25, 0.3) is 0 Å². The fourth-order valence-corrected chi connectivity index (χ4v) is 4.61. The highest BCUT2D eigenvalue weighted by Gasteiger charge is 2.34. The maximum absolute atomic E-state index is 12.8. The lowest BCUT2D eigenvalue weighted by Gasteiger charge is -2.39. The Hall–Kier alpha value is -2.53. The Bertz CT molecular complexity index is 896. The summed E-state index contributed by atoms with van der Waals surface area (Å²) in [5.74, 6) is 0.556. The van der Waals surface area contributed by atoms with Crippen molar-refractivity contribution in [1.82, 2.24) is 5.32 Å². The van der Waals surface area contributed by atoms with E-state index in [1.54, 1.807) is 36.4 Å². The van der Waals surface area contributed by atoms with Gasteiger partial charge in [-0.3, -0.25) is 4.79 Å². The van der Waals surface area contributed by atoms with Crippen LogP contribution in [0.15, 0.2) is 48.5 Å². The molecule has 0 aliphatic heterocycles. The molecule has 1 unspecified atom stereocenters. The van der Waals surface area contributed by atoms with Crippen LogP contribution < -0.4 is 16.4 Å². The molecule has 0 spiro atoms. The Morgan fingerprint density at radius 3 is 2.06 bits per heavy atom. The third-order valence-corrected chi connectivity index (χ3v) is 6.66. The molecule has 0 radical (unpaired) electrons. The topological polar surface area (TPSA) is 84.2 Å². The number of urea groups is 1. The number of nitrogens with two attached hydrogens (primary N) is 1. The van der Waals surface area contributed by atoms with Crippen molar-refractivity contribution in [2.24, 2.45) is 23.0 Å². The van der Waals surface area contributed by atoms with Crippen LogP contribution in [0, 0.1) is 17.3 Å². The van der Waals surface area contributed by atoms with Gasteiger partial charge in [0.25, 0.3) is 0 Å². The molecular weight excluding hydrogens is 410 g/mol. The van der Waals surface area contributed by atoms with Crippen molar-refractivity contribution in [3.63, 3.8) is 0 Å². The van der Waals surface area contributed by atoms with E-state index in [0.29, 0.717) is 33.5 Å². The first kappa shape index (κ1) is 23.1. The van der Waals surface area contributed by atoms with Gasteiger partial charge in [0, 0.05) is 16.3 Å². The van der Waals surface area contributed by atoms with E-state index in [4.69, 9.17) is 17.3 Å². The first-order valence-electron chi connectivity index (χ1n) is 10.9. The molecule has 3 rings (SSSR count). The minimum atomic E-state index is -0.456. The molecule has 0 aromatic heterocycles. The highest BCUT2D eigenvalue weighted by atomic mass is 35.5. The summed E-state index contributed by atoms with van der Waals surface area (Å²) < 4.78 is 0. The van der Waals surface area contributed by atoms with E-state index >= 15 is 0 Å². The van der Waals surface area contributed by atoms with Crippen molar-refractivity contribution < 1.29 is 9.59 Å². The van der Waals surface area contributed by atoms with Crippen molar-refractivity contribution in [3.05, 3.63) is 64.7 Å². The van der Waals surface area contributed by atoms with Gasteiger partial charge >= 0.3 is 6.03 Å². The van der Waals surface area contributed by atoms with Crippen molar-refractivity contribution in [3.8, 4) is 0 Å². The Balaban J connectivity index is 1.76. The van der Waals surface area contributed by atoms with E-state index in [-0.39, 0.29) is 12.1 Å². The number of nitrogens with one attached hydrogen (secondary N) is 2. The highest BCUT2D eigenvalue weighted by Crippen LogP contribution is 2.43. The van der Waals surface area contributed by atoms with Gasteiger partial charge in [0.15, 0.2) is 0 Å². The zero-order valence-corrected chi connectivity index (χ0v) is 19.2. The van der Waals surface area contributed by atoms with Gasteiger partial charge in [0.05, 0.1) is 6.04 Å². The number of halogens is 1. The molecule has 1 fully saturated rings. The molecule has 1 aliphatic carbocycles. The van der Waals surface area contributed by atoms with Crippen LogP contribution >= 0.6 is 11.6 Å². The molecule has 31 heavy (non-hydrogen) atoms. The first-order chi connectivity index (χ1) is 14.6. The summed E-state index contributed by atoms with van der Waals surface area (Å²) in [7, 11) is 0. The summed E-state index contributed by atoms with van der Waals surface area (Å²) in [6, 6.07) is 13.9. The Kier molecular flexibility index (Phi) is 7.26. The van der Waals surface area contributed by atoms with E-state index in [2.05, 4.69) is 31.4 Å². The molecule has 1 aliphatic rings. The van der Waals surface area contributed by atoms with E-state index in [9.17, 15) is 9.59 Å². The summed E-state index contributed by atoms with van der Waals surface area (Å²) in [6.07, 6.45) is 4.38. The molecule has 2 aromatic carbocycles. The Morgan fingerprint density at radius 1 is 0.968 bits per heavy atom. The van der Waals surface area contributed by atoms with Gasteiger partial charge < -0.3 is 16.4 Å². The maximum atomic E-state index is 12.8. The van der Waals surface area contributed by atoms with Crippen molar-refractivity contribution >= 4 is 29.2 Å². The number of primary amides is 1. The minimum Gasteiger partial charge on any atom is -0.366 e. The molecule has 0 heterocycles. The Morgan fingerprint density at radius 2 is 1.55 bits per heavy atom. The molecule has 5 nitrogen and oxygen atoms in total. The molecule has 6 heteroatoms. The summed E-state index contributed by atoms with van der Waals surface area (Å²) in [5, 5.41) is 6.68. The molecule has 2 aromatic rings. The third kappa shape index (κ3) is 6.23. The molecule has 166 valence electrons. The fraction of sp³-hybridized carbons (Fsp3) is 0.440. The predicted molar refractivity (Wildman–Crippen MR) is 126 cm³/mol. The molecule has 0 saturated heterocycles. The summed E-state index contributed by atoms with van der Waals surface area (Å²) in [4.78, 5) is 24.2. The van der Waals surface area contributed by atoms with Crippen LogP contribution in [0.3, 0.4) is 0 Å². The first-order valence-corrected chi connectivity index (χ1v) is 11.2. The maximum Gasteiger partial charge on any atom is 0.319 e. The van der Waals surface area contributed by atoms with Crippen LogP contribution in [0.4, 0.5) is 10.5 Å². The average Bonchev–Trinajstić information content (AvgIpc) is 2.73. The molecular formula is C25H32ClN3O2. The number of carbonyl (C=O) groups is 2. The monoisotopic (exact) mass is 441 g/mol. The number of rotatable bonds is 5. The number of carbonyl (C=O) groups excluding carboxylic acids is 2. The summed E-state index contributed by atoms with van der Waals surface area (Å²) in [5.41, 5.74) is 7.81. The van der Waals surface area contributed by atoms with Gasteiger partial charge in [0.2, 0.25) is 5.91 Å². The predicted octanol–water partition coefficient (Wildman–Crippen LogP) is 6.15. The molecule has 1 atom stereocenters. The lowest BCUT2D eigenvalue weighted by Crippen LogP contribution is -2.38. The van der Waals surface area contributed by atoms with E-state index in [1.165, 1.54) is 0 Å². The van der Waals surface area contributed by atoms with E-state index in [0.717, 1.165) is 31.2 Å². The zero-order chi connectivity index (χ0) is 22.6. The van der Waals surface area contributed by atoms with Crippen LogP contribution in [-0.4, -0.2) is 11.9 Å². The highest BCUT2D eigenvalue weighted by molar-refractivity contribution is 6.30. The van der Waals surface area contributed by atoms with Gasteiger partial charge in [-0.15, -0.1) is 0 Å². The lowest BCUT2D eigenvalue weighted by molar-refractivity contribution is 0.1000. The van der Waals surface area contributed by atoms with Gasteiger partial charge in [-0.2, -0.15) is 0 Å². The smallest absolute Gasteiger partial charge is 0.319 e. The van der Waals surface area contributed by atoms with Crippen molar-refractivity contribution in [1.29, 1.82) is 0 Å². The number of amides is 3. The van der Waals surface area contributed by atoms with Crippen LogP contribution in [0.1, 0.15) is 68.4 Å².